The van der Waals surface area contributed by atoms with Crippen LogP contribution >= 0.6 is 0 Å². The van der Waals surface area contributed by atoms with Crippen LogP contribution < -0.4 is 4.90 Å². The molecule has 1 aromatic carbocycles. The highest BCUT2D eigenvalue weighted by Crippen LogP contribution is 2.24. The standard InChI is InChI=1S/C11H11N3O/c15-11-2-1-5-14(11)9-3-4-10-8(6-9)7-12-13-10/h3-4,6-7H,1-2,5H2,(H,12,13). The molecule has 1 N–H and O–H groups in total. The minimum absolute atomic E-state index is 0.220. The van der Waals surface area contributed by atoms with Crippen molar-refractivity contribution in [2.45, 2.75) is 12.8 Å². The second kappa shape index (κ2) is 3.08. The molecule has 0 aliphatic carbocycles. The molecule has 2 heterocycles. The molecule has 3 rings (SSSR count). The lowest BCUT2D eigenvalue weighted by atomic mass is 10.2. The predicted octanol–water partition coefficient (Wildman–Crippen LogP) is 1.69. The van der Waals surface area contributed by atoms with E-state index in [1.165, 1.54) is 0 Å². The van der Waals surface area contributed by atoms with E-state index >= 15 is 0 Å². The van der Waals surface area contributed by atoms with Gasteiger partial charge in [-0.25, -0.2) is 0 Å². The summed E-state index contributed by atoms with van der Waals surface area (Å²) >= 11 is 0. The Morgan fingerprint density at radius 3 is 3.13 bits per heavy atom. The van der Waals surface area contributed by atoms with Gasteiger partial charge < -0.3 is 4.90 Å². The number of hydrogen-bond donors (Lipinski definition) is 1. The summed E-state index contributed by atoms with van der Waals surface area (Å²) in [6.45, 7) is 0.836. The normalized spacial score (nSPS) is 16.5. The van der Waals surface area contributed by atoms with Crippen molar-refractivity contribution in [3.63, 3.8) is 0 Å². The van der Waals surface area contributed by atoms with Crippen LogP contribution in [0.2, 0.25) is 0 Å². The van der Waals surface area contributed by atoms with Crippen molar-refractivity contribution in [1.82, 2.24) is 10.2 Å². The van der Waals surface area contributed by atoms with Crippen molar-refractivity contribution < 1.29 is 4.79 Å². The van der Waals surface area contributed by atoms with Gasteiger partial charge in [-0.2, -0.15) is 5.10 Å². The summed E-state index contributed by atoms with van der Waals surface area (Å²) < 4.78 is 0. The highest BCUT2D eigenvalue weighted by molar-refractivity contribution is 5.97. The van der Waals surface area contributed by atoms with E-state index in [0.29, 0.717) is 6.42 Å². The topological polar surface area (TPSA) is 49.0 Å². The van der Waals surface area contributed by atoms with Crippen LogP contribution in [0, 0.1) is 0 Å². The number of aromatic amines is 1. The monoisotopic (exact) mass is 201 g/mol. The molecular formula is C11H11N3O. The van der Waals surface area contributed by atoms with Crippen LogP contribution in [0.5, 0.6) is 0 Å². The highest BCUT2D eigenvalue weighted by Gasteiger charge is 2.21. The number of nitrogens with zero attached hydrogens (tertiary/aromatic N) is 2. The predicted molar refractivity (Wildman–Crippen MR) is 57.7 cm³/mol. The number of aromatic nitrogens is 2. The fraction of sp³-hybridized carbons (Fsp3) is 0.273. The van der Waals surface area contributed by atoms with Crippen LogP contribution in [0.15, 0.2) is 24.4 Å². The summed E-state index contributed by atoms with van der Waals surface area (Å²) in [5, 5.41) is 7.90. The molecule has 0 radical (unpaired) electrons. The lowest BCUT2D eigenvalue weighted by molar-refractivity contribution is -0.117. The van der Waals surface area contributed by atoms with Gasteiger partial charge in [-0.15, -0.1) is 0 Å². The van der Waals surface area contributed by atoms with Gasteiger partial charge >= 0.3 is 0 Å². The van der Waals surface area contributed by atoms with Gasteiger partial charge in [0, 0.05) is 24.0 Å². The van der Waals surface area contributed by atoms with Gasteiger partial charge in [-0.1, -0.05) is 0 Å². The van der Waals surface area contributed by atoms with Crippen molar-refractivity contribution in [2.24, 2.45) is 0 Å². The summed E-state index contributed by atoms with van der Waals surface area (Å²) in [6, 6.07) is 5.93. The summed E-state index contributed by atoms with van der Waals surface area (Å²) in [7, 11) is 0. The maximum absolute atomic E-state index is 11.6. The average molecular weight is 201 g/mol. The Morgan fingerprint density at radius 2 is 2.33 bits per heavy atom. The summed E-state index contributed by atoms with van der Waals surface area (Å²) in [5.74, 6) is 0.220. The molecule has 0 saturated carbocycles. The molecule has 15 heavy (non-hydrogen) atoms. The number of benzene rings is 1. The number of carbonyl (C=O) groups is 1. The highest BCUT2D eigenvalue weighted by atomic mass is 16.2. The molecule has 76 valence electrons. The summed E-state index contributed by atoms with van der Waals surface area (Å²) in [4.78, 5) is 13.4. The number of nitrogens with one attached hydrogen (secondary N) is 1. The SMILES string of the molecule is O=C1CCCN1c1ccc2[nH]ncc2c1. The second-order valence-corrected chi connectivity index (χ2v) is 3.79. The maximum Gasteiger partial charge on any atom is 0.227 e. The van der Waals surface area contributed by atoms with Crippen molar-refractivity contribution >= 4 is 22.5 Å². The Balaban J connectivity index is 2.06. The lowest BCUT2D eigenvalue weighted by Crippen LogP contribution is -2.23. The van der Waals surface area contributed by atoms with Gasteiger partial charge in [-0.05, 0) is 24.6 Å². The van der Waals surface area contributed by atoms with Gasteiger partial charge in [0.05, 0.1) is 11.7 Å². The van der Waals surface area contributed by atoms with Crippen molar-refractivity contribution in [3.8, 4) is 0 Å². The van der Waals surface area contributed by atoms with Crippen LogP contribution in [0.25, 0.3) is 10.9 Å². The number of H-pyrrole nitrogens is 1. The largest absolute Gasteiger partial charge is 0.312 e. The zero-order valence-corrected chi connectivity index (χ0v) is 8.23. The first kappa shape index (κ1) is 8.47. The Labute approximate surface area is 86.9 Å². The third-order valence-corrected chi connectivity index (χ3v) is 2.81. The van der Waals surface area contributed by atoms with E-state index in [0.717, 1.165) is 29.6 Å². The van der Waals surface area contributed by atoms with Crippen molar-refractivity contribution in [3.05, 3.63) is 24.4 Å². The van der Waals surface area contributed by atoms with Crippen molar-refractivity contribution in [2.75, 3.05) is 11.4 Å². The molecule has 1 amide bonds. The van der Waals surface area contributed by atoms with Crippen LogP contribution in [0.4, 0.5) is 5.69 Å². The Hall–Kier alpha value is -1.84. The zero-order chi connectivity index (χ0) is 10.3. The Kier molecular flexibility index (Phi) is 1.74. The van der Waals surface area contributed by atoms with Gasteiger partial charge in [0.2, 0.25) is 5.91 Å². The number of amides is 1. The molecule has 4 heteroatoms. The number of anilines is 1. The number of carbonyl (C=O) groups excluding carboxylic acids is 1. The Morgan fingerprint density at radius 1 is 1.40 bits per heavy atom. The first-order valence-corrected chi connectivity index (χ1v) is 5.08. The van der Waals surface area contributed by atoms with E-state index in [2.05, 4.69) is 10.2 Å². The van der Waals surface area contributed by atoms with Gasteiger partial charge in [0.25, 0.3) is 0 Å². The van der Waals surface area contributed by atoms with E-state index in [4.69, 9.17) is 0 Å². The summed E-state index contributed by atoms with van der Waals surface area (Å²) in [5.41, 5.74) is 1.98. The fourth-order valence-electron chi connectivity index (χ4n) is 2.02. The summed E-state index contributed by atoms with van der Waals surface area (Å²) in [6.07, 6.45) is 3.41. The third-order valence-electron chi connectivity index (χ3n) is 2.81. The zero-order valence-electron chi connectivity index (χ0n) is 8.23. The van der Waals surface area contributed by atoms with E-state index < -0.39 is 0 Å². The Bertz CT molecular complexity index is 517. The molecule has 1 fully saturated rings. The minimum Gasteiger partial charge on any atom is -0.312 e. The van der Waals surface area contributed by atoms with Crippen LogP contribution in [-0.4, -0.2) is 22.6 Å². The van der Waals surface area contributed by atoms with E-state index in [1.807, 2.05) is 23.1 Å². The van der Waals surface area contributed by atoms with Crippen molar-refractivity contribution in [1.29, 1.82) is 0 Å². The molecule has 0 spiro atoms. The molecule has 1 saturated heterocycles. The lowest BCUT2D eigenvalue weighted by Gasteiger charge is -2.15. The molecular weight excluding hydrogens is 190 g/mol. The van der Waals surface area contributed by atoms with E-state index in [9.17, 15) is 4.79 Å². The van der Waals surface area contributed by atoms with E-state index in [1.54, 1.807) is 6.20 Å². The molecule has 1 aliphatic heterocycles. The molecule has 0 atom stereocenters. The first-order valence-electron chi connectivity index (χ1n) is 5.08. The number of rotatable bonds is 1. The fourth-order valence-corrected chi connectivity index (χ4v) is 2.02. The minimum atomic E-state index is 0.220. The van der Waals surface area contributed by atoms with Gasteiger partial charge in [0.15, 0.2) is 0 Å². The van der Waals surface area contributed by atoms with Gasteiger partial charge in [-0.3, -0.25) is 9.89 Å². The molecule has 0 unspecified atom stereocenters. The quantitative estimate of drug-likeness (QED) is 0.763. The van der Waals surface area contributed by atoms with E-state index in [-0.39, 0.29) is 5.91 Å². The number of fused-ring (bicyclic) bond motifs is 1. The first-order chi connectivity index (χ1) is 7.34. The third kappa shape index (κ3) is 1.29. The molecule has 1 aromatic heterocycles. The van der Waals surface area contributed by atoms with Crippen LogP contribution in [0.3, 0.4) is 0 Å². The molecule has 1 aliphatic rings. The molecule has 4 nitrogen and oxygen atoms in total. The van der Waals surface area contributed by atoms with Gasteiger partial charge in [0.1, 0.15) is 0 Å². The molecule has 2 aromatic rings. The second-order valence-electron chi connectivity index (χ2n) is 3.79. The molecule has 0 bridgehead atoms. The maximum atomic E-state index is 11.6. The average Bonchev–Trinajstić information content (AvgIpc) is 2.84. The van der Waals surface area contributed by atoms with Crippen LogP contribution in [-0.2, 0) is 4.79 Å². The number of hydrogen-bond acceptors (Lipinski definition) is 2. The van der Waals surface area contributed by atoms with Crippen LogP contribution in [0.1, 0.15) is 12.8 Å². The smallest absolute Gasteiger partial charge is 0.227 e.